The standard InChI is InChI=1S/C21H17N3O2S/c1-22-21(25)18-12-16(9-10-23-18)26-15-7-8-17-19(13-15)27-20(24-17)11-14-5-3-2-4-6-14/h2-10,12-13H,11H2,1H3,(H,22,25). The molecule has 0 aliphatic heterocycles. The number of ether oxygens (including phenoxy) is 1. The van der Waals surface area contributed by atoms with E-state index < -0.39 is 0 Å². The second-order valence-electron chi connectivity index (χ2n) is 5.96. The molecule has 0 unspecified atom stereocenters. The van der Waals surface area contributed by atoms with Crippen LogP contribution in [-0.4, -0.2) is 22.9 Å². The molecule has 27 heavy (non-hydrogen) atoms. The van der Waals surface area contributed by atoms with Crippen LogP contribution < -0.4 is 10.1 Å². The highest BCUT2D eigenvalue weighted by Gasteiger charge is 2.09. The van der Waals surface area contributed by atoms with E-state index in [1.165, 1.54) is 5.56 Å². The average Bonchev–Trinajstić information content (AvgIpc) is 3.10. The Labute approximate surface area is 160 Å². The van der Waals surface area contributed by atoms with E-state index in [1.54, 1.807) is 36.7 Å². The van der Waals surface area contributed by atoms with Crippen molar-refractivity contribution in [3.8, 4) is 11.5 Å². The van der Waals surface area contributed by atoms with Crippen molar-refractivity contribution >= 4 is 27.5 Å². The maximum absolute atomic E-state index is 11.7. The normalized spacial score (nSPS) is 10.7. The molecule has 0 saturated heterocycles. The number of nitrogens with one attached hydrogen (secondary N) is 1. The molecule has 0 aliphatic carbocycles. The molecule has 0 atom stereocenters. The molecular formula is C21H17N3O2S. The highest BCUT2D eigenvalue weighted by molar-refractivity contribution is 7.18. The molecule has 0 fully saturated rings. The van der Waals surface area contributed by atoms with Crippen molar-refractivity contribution in [3.05, 3.63) is 83.1 Å². The summed E-state index contributed by atoms with van der Waals surface area (Å²) in [6.07, 6.45) is 2.37. The first-order valence-corrected chi connectivity index (χ1v) is 9.32. The molecule has 2 heterocycles. The van der Waals surface area contributed by atoms with Crippen molar-refractivity contribution in [3.63, 3.8) is 0 Å². The summed E-state index contributed by atoms with van der Waals surface area (Å²) in [5.41, 5.74) is 2.52. The number of carbonyl (C=O) groups is 1. The van der Waals surface area contributed by atoms with Gasteiger partial charge in [-0.15, -0.1) is 11.3 Å². The summed E-state index contributed by atoms with van der Waals surface area (Å²) < 4.78 is 6.98. The Morgan fingerprint density at radius 1 is 1.07 bits per heavy atom. The molecule has 134 valence electrons. The van der Waals surface area contributed by atoms with Crippen molar-refractivity contribution in [1.82, 2.24) is 15.3 Å². The lowest BCUT2D eigenvalue weighted by atomic mass is 10.2. The van der Waals surface area contributed by atoms with Crippen LogP contribution in [0.15, 0.2) is 66.9 Å². The minimum absolute atomic E-state index is 0.246. The van der Waals surface area contributed by atoms with Crippen molar-refractivity contribution in [1.29, 1.82) is 0 Å². The molecule has 5 nitrogen and oxygen atoms in total. The minimum atomic E-state index is -0.246. The zero-order chi connectivity index (χ0) is 18.6. The van der Waals surface area contributed by atoms with Crippen molar-refractivity contribution < 1.29 is 9.53 Å². The third-order valence-electron chi connectivity index (χ3n) is 4.03. The summed E-state index contributed by atoms with van der Waals surface area (Å²) in [7, 11) is 1.57. The lowest BCUT2D eigenvalue weighted by Crippen LogP contribution is -2.18. The second kappa shape index (κ2) is 7.55. The van der Waals surface area contributed by atoms with Crippen molar-refractivity contribution in [2.24, 2.45) is 0 Å². The summed E-state index contributed by atoms with van der Waals surface area (Å²) in [4.78, 5) is 20.5. The van der Waals surface area contributed by atoms with Crippen LogP contribution in [0.5, 0.6) is 11.5 Å². The average molecular weight is 375 g/mol. The molecule has 1 amide bonds. The molecule has 0 radical (unpaired) electrons. The monoisotopic (exact) mass is 375 g/mol. The number of hydrogen-bond donors (Lipinski definition) is 1. The Bertz CT molecular complexity index is 1090. The Kier molecular flexibility index (Phi) is 4.80. The number of pyridine rings is 1. The van der Waals surface area contributed by atoms with E-state index in [4.69, 9.17) is 9.72 Å². The molecule has 4 aromatic rings. The third kappa shape index (κ3) is 3.96. The van der Waals surface area contributed by atoms with Crippen molar-refractivity contribution in [2.75, 3.05) is 7.05 Å². The van der Waals surface area contributed by atoms with E-state index in [0.717, 1.165) is 21.6 Å². The predicted molar refractivity (Wildman–Crippen MR) is 107 cm³/mol. The number of amides is 1. The van der Waals surface area contributed by atoms with Crippen LogP contribution in [0.1, 0.15) is 21.1 Å². The van der Waals surface area contributed by atoms with Gasteiger partial charge in [-0.1, -0.05) is 30.3 Å². The lowest BCUT2D eigenvalue weighted by molar-refractivity contribution is 0.0958. The summed E-state index contributed by atoms with van der Waals surface area (Å²) in [5, 5.41) is 3.62. The molecule has 2 aromatic carbocycles. The first kappa shape index (κ1) is 17.2. The molecule has 1 N–H and O–H groups in total. The predicted octanol–water partition coefficient (Wildman–Crippen LogP) is 4.43. The topological polar surface area (TPSA) is 64.1 Å². The van der Waals surface area contributed by atoms with E-state index in [9.17, 15) is 4.79 Å². The molecule has 2 aromatic heterocycles. The van der Waals surface area contributed by atoms with E-state index in [2.05, 4.69) is 22.4 Å². The van der Waals surface area contributed by atoms with Gasteiger partial charge >= 0.3 is 0 Å². The zero-order valence-corrected chi connectivity index (χ0v) is 15.5. The van der Waals surface area contributed by atoms with E-state index in [-0.39, 0.29) is 5.91 Å². The molecule has 6 heteroatoms. The van der Waals surface area contributed by atoms with E-state index in [0.29, 0.717) is 17.2 Å². The van der Waals surface area contributed by atoms with Crippen LogP contribution in [-0.2, 0) is 6.42 Å². The van der Waals surface area contributed by atoms with E-state index in [1.807, 2.05) is 36.4 Å². The summed E-state index contributed by atoms with van der Waals surface area (Å²) >= 11 is 1.66. The fourth-order valence-corrected chi connectivity index (χ4v) is 3.76. The van der Waals surface area contributed by atoms with Gasteiger partial charge in [-0.25, -0.2) is 4.98 Å². The summed E-state index contributed by atoms with van der Waals surface area (Å²) in [6.45, 7) is 0. The number of thiazole rings is 1. The van der Waals surface area contributed by atoms with Gasteiger partial charge in [0.05, 0.1) is 15.2 Å². The van der Waals surface area contributed by atoms with E-state index >= 15 is 0 Å². The van der Waals surface area contributed by atoms with Gasteiger partial charge < -0.3 is 10.1 Å². The van der Waals surface area contributed by atoms with Gasteiger partial charge in [-0.05, 0) is 23.8 Å². The SMILES string of the molecule is CNC(=O)c1cc(Oc2ccc3nc(Cc4ccccc4)sc3c2)ccn1. The fourth-order valence-electron chi connectivity index (χ4n) is 2.73. The molecule has 4 rings (SSSR count). The molecule has 0 aliphatic rings. The van der Waals surface area contributed by atoms with Gasteiger partial charge in [-0.3, -0.25) is 9.78 Å². The maximum Gasteiger partial charge on any atom is 0.269 e. The van der Waals surface area contributed by atoms with Crippen LogP contribution in [0.2, 0.25) is 0 Å². The second-order valence-corrected chi connectivity index (χ2v) is 7.07. The zero-order valence-electron chi connectivity index (χ0n) is 14.7. The Hall–Kier alpha value is -3.25. The van der Waals surface area contributed by atoms with Crippen LogP contribution in [0.25, 0.3) is 10.2 Å². The summed E-state index contributed by atoms with van der Waals surface area (Å²) in [6, 6.07) is 19.5. The van der Waals surface area contributed by atoms with Gasteiger partial charge in [0, 0.05) is 31.8 Å². The van der Waals surface area contributed by atoms with Gasteiger partial charge in [0.2, 0.25) is 0 Å². The Balaban J connectivity index is 1.56. The number of fused-ring (bicyclic) bond motifs is 1. The van der Waals surface area contributed by atoms with Gasteiger partial charge in [0.25, 0.3) is 5.91 Å². The smallest absolute Gasteiger partial charge is 0.269 e. The molecule has 0 bridgehead atoms. The number of carbonyl (C=O) groups excluding carboxylic acids is 1. The first-order valence-electron chi connectivity index (χ1n) is 8.50. The Morgan fingerprint density at radius 2 is 1.89 bits per heavy atom. The van der Waals surface area contributed by atoms with Gasteiger partial charge in [0.1, 0.15) is 17.2 Å². The van der Waals surface area contributed by atoms with Crippen LogP contribution in [0, 0.1) is 0 Å². The summed E-state index contributed by atoms with van der Waals surface area (Å²) in [5.74, 6) is 1.02. The molecule has 0 saturated carbocycles. The highest BCUT2D eigenvalue weighted by atomic mass is 32.1. The third-order valence-corrected chi connectivity index (χ3v) is 5.05. The van der Waals surface area contributed by atoms with Crippen LogP contribution in [0.3, 0.4) is 0 Å². The fraction of sp³-hybridized carbons (Fsp3) is 0.0952. The number of hydrogen-bond acceptors (Lipinski definition) is 5. The lowest BCUT2D eigenvalue weighted by Gasteiger charge is -2.06. The van der Waals surface area contributed by atoms with Gasteiger partial charge in [-0.2, -0.15) is 0 Å². The largest absolute Gasteiger partial charge is 0.457 e. The number of nitrogens with zero attached hydrogens (tertiary/aromatic N) is 2. The minimum Gasteiger partial charge on any atom is -0.457 e. The Morgan fingerprint density at radius 3 is 2.70 bits per heavy atom. The molecule has 0 spiro atoms. The number of aromatic nitrogens is 2. The van der Waals surface area contributed by atoms with Crippen LogP contribution in [0.4, 0.5) is 0 Å². The number of rotatable bonds is 5. The molecular weight excluding hydrogens is 358 g/mol. The first-order chi connectivity index (χ1) is 13.2. The van der Waals surface area contributed by atoms with Gasteiger partial charge in [0.15, 0.2) is 0 Å². The van der Waals surface area contributed by atoms with Crippen LogP contribution >= 0.6 is 11.3 Å². The van der Waals surface area contributed by atoms with Crippen molar-refractivity contribution in [2.45, 2.75) is 6.42 Å². The highest BCUT2D eigenvalue weighted by Crippen LogP contribution is 2.30. The maximum atomic E-state index is 11.7. The number of benzene rings is 2. The quantitative estimate of drug-likeness (QED) is 0.560.